The molecule has 0 saturated heterocycles. The summed E-state index contributed by atoms with van der Waals surface area (Å²) >= 11 is 0. The van der Waals surface area contributed by atoms with Gasteiger partial charge in [0.25, 0.3) is 0 Å². The molecule has 3 heteroatoms. The molecule has 1 aromatic rings. The van der Waals surface area contributed by atoms with Crippen molar-refractivity contribution in [3.63, 3.8) is 0 Å². The van der Waals surface area contributed by atoms with Crippen LogP contribution in [0.25, 0.3) is 0 Å². The maximum Gasteiger partial charge on any atom is 0.335 e. The molecule has 0 amide bonds. The van der Waals surface area contributed by atoms with E-state index in [4.69, 9.17) is 4.74 Å². The summed E-state index contributed by atoms with van der Waals surface area (Å²) in [5.41, 5.74) is 3.99. The molecule has 0 heterocycles. The number of carbonyl (C=O) groups excluding carboxylic acids is 1. The van der Waals surface area contributed by atoms with E-state index in [2.05, 4.69) is 38.6 Å². The Hall–Kier alpha value is -1.77. The Balaban J connectivity index is 2.73. The number of hydrogen-bond acceptors (Lipinski definition) is 3. The number of carbonyl (C=O) groups is 1. The molecule has 98 valence electrons. The van der Waals surface area contributed by atoms with Crippen molar-refractivity contribution in [3.05, 3.63) is 41.5 Å². The van der Waals surface area contributed by atoms with Crippen molar-refractivity contribution < 1.29 is 9.53 Å². The summed E-state index contributed by atoms with van der Waals surface area (Å²) in [6.45, 7) is 10.5. The average molecular weight is 247 g/mol. The van der Waals surface area contributed by atoms with E-state index in [1.165, 1.54) is 11.1 Å². The Morgan fingerprint density at radius 3 is 2.61 bits per heavy atom. The lowest BCUT2D eigenvalue weighted by Crippen LogP contribution is -2.24. The zero-order chi connectivity index (χ0) is 13.7. The fourth-order valence-corrected chi connectivity index (χ4v) is 1.90. The first-order valence-corrected chi connectivity index (χ1v) is 6.09. The minimum Gasteiger partial charge on any atom is -0.463 e. The summed E-state index contributed by atoms with van der Waals surface area (Å²) in [4.78, 5) is 13.5. The second-order valence-corrected chi connectivity index (χ2v) is 4.47. The second kappa shape index (κ2) is 6.24. The summed E-state index contributed by atoms with van der Waals surface area (Å²) in [6.07, 6.45) is 0. The Kier molecular flexibility index (Phi) is 4.95. The summed E-state index contributed by atoms with van der Waals surface area (Å²) in [7, 11) is 1.95. The highest BCUT2D eigenvalue weighted by atomic mass is 16.5. The Morgan fingerprint density at radius 1 is 1.39 bits per heavy atom. The van der Waals surface area contributed by atoms with E-state index in [0.717, 1.165) is 5.69 Å². The molecule has 1 rings (SSSR count). The van der Waals surface area contributed by atoms with E-state index in [1.807, 2.05) is 11.9 Å². The van der Waals surface area contributed by atoms with Gasteiger partial charge in [0.2, 0.25) is 0 Å². The molecule has 0 aliphatic rings. The fraction of sp³-hybridized carbons (Fsp3) is 0.400. The quantitative estimate of drug-likeness (QED) is 0.592. The maximum atomic E-state index is 11.5. The van der Waals surface area contributed by atoms with Gasteiger partial charge in [0, 0.05) is 24.9 Å². The van der Waals surface area contributed by atoms with Crippen molar-refractivity contribution in [2.75, 3.05) is 25.1 Å². The predicted molar refractivity (Wildman–Crippen MR) is 75.0 cm³/mol. The normalized spacial score (nSPS) is 10.0. The minimum absolute atomic E-state index is 0.325. The molecule has 0 atom stereocenters. The topological polar surface area (TPSA) is 29.5 Å². The van der Waals surface area contributed by atoms with Crippen molar-refractivity contribution in [1.29, 1.82) is 0 Å². The van der Waals surface area contributed by atoms with Crippen molar-refractivity contribution in [2.24, 2.45) is 0 Å². The number of benzene rings is 1. The van der Waals surface area contributed by atoms with Crippen LogP contribution in [0.15, 0.2) is 30.4 Å². The smallest absolute Gasteiger partial charge is 0.335 e. The third kappa shape index (κ3) is 3.62. The van der Waals surface area contributed by atoms with Gasteiger partial charge in [0.15, 0.2) is 0 Å². The molecule has 18 heavy (non-hydrogen) atoms. The summed E-state index contributed by atoms with van der Waals surface area (Å²) < 4.78 is 4.92. The predicted octanol–water partition coefficient (Wildman–Crippen LogP) is 2.86. The highest BCUT2D eigenvalue weighted by Crippen LogP contribution is 2.20. The lowest BCUT2D eigenvalue weighted by atomic mass is 10.1. The number of anilines is 1. The second-order valence-electron chi connectivity index (χ2n) is 4.47. The van der Waals surface area contributed by atoms with Gasteiger partial charge in [0.05, 0.1) is 6.61 Å². The molecule has 0 aliphatic heterocycles. The van der Waals surface area contributed by atoms with Gasteiger partial charge in [-0.3, -0.25) is 0 Å². The first-order chi connectivity index (χ1) is 8.45. The van der Waals surface area contributed by atoms with Gasteiger partial charge in [0.1, 0.15) is 0 Å². The van der Waals surface area contributed by atoms with Crippen LogP contribution in [0, 0.1) is 13.8 Å². The van der Waals surface area contributed by atoms with Gasteiger partial charge >= 0.3 is 5.97 Å². The molecule has 0 bridgehead atoms. The molecule has 3 nitrogen and oxygen atoms in total. The summed E-state index contributed by atoms with van der Waals surface area (Å²) in [5, 5.41) is 0. The van der Waals surface area contributed by atoms with Gasteiger partial charge in [-0.05, 0) is 32.4 Å². The molecule has 0 spiro atoms. The molecule has 0 aromatic heterocycles. The molecule has 0 aliphatic carbocycles. The van der Waals surface area contributed by atoms with Crippen LogP contribution < -0.4 is 4.90 Å². The first-order valence-electron chi connectivity index (χ1n) is 6.09. The number of likely N-dealkylation sites (N-methyl/N-ethyl adjacent to an activating group) is 1. The zero-order valence-electron chi connectivity index (χ0n) is 11.6. The monoisotopic (exact) mass is 247 g/mol. The third-order valence-corrected chi connectivity index (χ3v) is 2.76. The SMILES string of the molecule is C=C(CN(C)c1ccc(C)cc1C)C(=O)OCC. The van der Waals surface area contributed by atoms with E-state index >= 15 is 0 Å². The van der Waals surface area contributed by atoms with Crippen molar-refractivity contribution in [1.82, 2.24) is 0 Å². The molecule has 0 N–H and O–H groups in total. The van der Waals surface area contributed by atoms with Crippen molar-refractivity contribution >= 4 is 11.7 Å². The molecule has 0 radical (unpaired) electrons. The lowest BCUT2D eigenvalue weighted by molar-refractivity contribution is -0.138. The largest absolute Gasteiger partial charge is 0.463 e. The fourth-order valence-electron chi connectivity index (χ4n) is 1.90. The van der Waals surface area contributed by atoms with Crippen molar-refractivity contribution in [3.8, 4) is 0 Å². The van der Waals surface area contributed by atoms with Gasteiger partial charge in [-0.1, -0.05) is 24.3 Å². The number of aryl methyl sites for hydroxylation is 2. The van der Waals surface area contributed by atoms with E-state index in [9.17, 15) is 4.79 Å². The first kappa shape index (κ1) is 14.3. The van der Waals surface area contributed by atoms with E-state index in [0.29, 0.717) is 18.7 Å². The van der Waals surface area contributed by atoms with Gasteiger partial charge in [-0.15, -0.1) is 0 Å². The molecule has 0 saturated carbocycles. The van der Waals surface area contributed by atoms with Gasteiger partial charge in [-0.2, -0.15) is 0 Å². The molecule has 0 fully saturated rings. The number of nitrogens with zero attached hydrogens (tertiary/aromatic N) is 1. The maximum absolute atomic E-state index is 11.5. The van der Waals surface area contributed by atoms with Crippen LogP contribution >= 0.6 is 0 Å². The highest BCUT2D eigenvalue weighted by Gasteiger charge is 2.12. The van der Waals surface area contributed by atoms with Crippen LogP contribution in [-0.2, 0) is 9.53 Å². The number of ether oxygens (including phenoxy) is 1. The Labute approximate surface area is 109 Å². The third-order valence-electron chi connectivity index (χ3n) is 2.76. The number of esters is 1. The van der Waals surface area contributed by atoms with Gasteiger partial charge < -0.3 is 9.64 Å². The zero-order valence-corrected chi connectivity index (χ0v) is 11.6. The van der Waals surface area contributed by atoms with E-state index < -0.39 is 0 Å². The lowest BCUT2D eigenvalue weighted by Gasteiger charge is -2.22. The number of hydrogen-bond donors (Lipinski definition) is 0. The Bertz CT molecular complexity index is 452. The Morgan fingerprint density at radius 2 is 2.06 bits per heavy atom. The summed E-state index contributed by atoms with van der Waals surface area (Å²) in [5.74, 6) is -0.325. The van der Waals surface area contributed by atoms with Crippen LogP contribution in [-0.4, -0.2) is 26.2 Å². The summed E-state index contributed by atoms with van der Waals surface area (Å²) in [6, 6.07) is 6.24. The minimum atomic E-state index is -0.325. The van der Waals surface area contributed by atoms with Crippen LogP contribution in [0.1, 0.15) is 18.1 Å². The standard InChI is InChI=1S/C15H21NO2/c1-6-18-15(17)13(4)10-16(5)14-8-7-11(2)9-12(14)3/h7-9H,4,6,10H2,1-3,5H3. The van der Waals surface area contributed by atoms with E-state index in [-0.39, 0.29) is 5.97 Å². The van der Waals surface area contributed by atoms with Gasteiger partial charge in [-0.25, -0.2) is 4.79 Å². The molecular weight excluding hydrogens is 226 g/mol. The van der Waals surface area contributed by atoms with Crippen LogP contribution in [0.5, 0.6) is 0 Å². The molecule has 0 unspecified atom stereocenters. The van der Waals surface area contributed by atoms with Crippen LogP contribution in [0.4, 0.5) is 5.69 Å². The average Bonchev–Trinajstić information content (AvgIpc) is 2.28. The van der Waals surface area contributed by atoms with E-state index in [1.54, 1.807) is 6.92 Å². The van der Waals surface area contributed by atoms with Crippen LogP contribution in [0.2, 0.25) is 0 Å². The highest BCUT2D eigenvalue weighted by molar-refractivity contribution is 5.88. The molecular formula is C15H21NO2. The molecule has 1 aromatic carbocycles. The van der Waals surface area contributed by atoms with Crippen molar-refractivity contribution in [2.45, 2.75) is 20.8 Å². The van der Waals surface area contributed by atoms with Crippen LogP contribution in [0.3, 0.4) is 0 Å². The number of rotatable bonds is 5.